The zero-order chi connectivity index (χ0) is 14.0. The summed E-state index contributed by atoms with van der Waals surface area (Å²) in [5.41, 5.74) is 0.580. The summed E-state index contributed by atoms with van der Waals surface area (Å²) in [6.45, 7) is 0. The van der Waals surface area contributed by atoms with Crippen molar-refractivity contribution in [2.45, 2.75) is 0 Å². The quantitative estimate of drug-likeness (QED) is 0.723. The summed E-state index contributed by atoms with van der Waals surface area (Å²) in [7, 11) is 5.83. The fourth-order valence-corrected chi connectivity index (χ4v) is 4.32. The van der Waals surface area contributed by atoms with Crippen molar-refractivity contribution in [2.24, 2.45) is 4.99 Å². The van der Waals surface area contributed by atoms with E-state index in [4.69, 9.17) is 44.3 Å². The van der Waals surface area contributed by atoms with E-state index in [-0.39, 0.29) is 0 Å². The molecule has 2 rings (SSSR count). The van der Waals surface area contributed by atoms with Gasteiger partial charge in [-0.25, -0.2) is 4.99 Å². The Labute approximate surface area is 132 Å². The van der Waals surface area contributed by atoms with E-state index in [2.05, 4.69) is 4.99 Å². The molecule has 0 bridgehead atoms. The third-order valence-corrected chi connectivity index (χ3v) is 6.02. The van der Waals surface area contributed by atoms with Crippen molar-refractivity contribution >= 4 is 61.2 Å². The molecule has 0 aliphatic rings. The molecule has 102 valence electrons. The van der Waals surface area contributed by atoms with Gasteiger partial charge in [0.15, 0.2) is 0 Å². The van der Waals surface area contributed by atoms with Gasteiger partial charge >= 0.3 is 0 Å². The van der Waals surface area contributed by atoms with Gasteiger partial charge in [-0.15, -0.1) is 0 Å². The molecule has 0 aliphatic heterocycles. The van der Waals surface area contributed by atoms with Gasteiger partial charge in [-0.3, -0.25) is 0 Å². The lowest BCUT2D eigenvalue weighted by Crippen LogP contribution is -1.94. The minimum Gasteiger partial charge on any atom is -0.495 e. The van der Waals surface area contributed by atoms with Crippen molar-refractivity contribution in [3.63, 3.8) is 0 Å². The number of ether oxygens (including phenoxy) is 2. The van der Waals surface area contributed by atoms with Gasteiger partial charge in [-0.05, 0) is 0 Å². The Morgan fingerprint density at radius 3 is 2.21 bits per heavy atom. The van der Waals surface area contributed by atoms with E-state index in [1.807, 2.05) is 0 Å². The average Bonchev–Trinajstić information content (AvgIpc) is 2.72. The van der Waals surface area contributed by atoms with E-state index in [0.717, 1.165) is 0 Å². The van der Waals surface area contributed by atoms with Crippen molar-refractivity contribution in [2.75, 3.05) is 14.2 Å². The summed E-state index contributed by atoms with van der Waals surface area (Å²) >= 11 is 18.0. The molecule has 1 heterocycles. The Morgan fingerprint density at radius 1 is 1.00 bits per heavy atom. The van der Waals surface area contributed by atoms with E-state index < -0.39 is 0 Å². The molecule has 0 saturated carbocycles. The van der Waals surface area contributed by atoms with Gasteiger partial charge in [0.2, 0.25) is 0 Å². The number of halogens is 3. The predicted molar refractivity (Wildman–Crippen MR) is 82.0 cm³/mol. The summed E-state index contributed by atoms with van der Waals surface area (Å²) in [6, 6.07) is 3.33. The Hall–Kier alpha value is -0.460. The maximum absolute atomic E-state index is 6.06. The van der Waals surface area contributed by atoms with Crippen molar-refractivity contribution in [1.82, 2.24) is 0 Å². The minimum absolute atomic E-state index is 0.438. The van der Waals surface area contributed by atoms with Crippen LogP contribution in [-0.2, 0) is 0 Å². The molecule has 0 radical (unpaired) electrons. The number of rotatable bonds is 3. The van der Waals surface area contributed by atoms with Gasteiger partial charge in [0, 0.05) is 12.1 Å². The molecule has 1 aromatic carbocycles. The molecular weight excluding hydrogens is 349 g/mol. The number of hydrogen-bond acceptors (Lipinski definition) is 5. The third kappa shape index (κ3) is 3.17. The zero-order valence-electron chi connectivity index (χ0n) is 9.87. The molecule has 0 N–H and O–H groups in total. The Morgan fingerprint density at radius 2 is 1.68 bits per heavy atom. The fourth-order valence-electron chi connectivity index (χ4n) is 1.34. The van der Waals surface area contributed by atoms with Crippen molar-refractivity contribution in [1.29, 1.82) is 0 Å². The van der Waals surface area contributed by atoms with Crippen LogP contribution in [0, 0.1) is 0 Å². The number of methoxy groups -OCH3 is 2. The van der Waals surface area contributed by atoms with Gasteiger partial charge in [0.05, 0.1) is 19.2 Å². The van der Waals surface area contributed by atoms with Gasteiger partial charge in [0.25, 0.3) is 0 Å². The highest BCUT2D eigenvalue weighted by molar-refractivity contribution is 7.69. The van der Waals surface area contributed by atoms with Crippen molar-refractivity contribution in [3.05, 3.63) is 31.2 Å². The molecule has 2 aromatic rings. The van der Waals surface area contributed by atoms with Gasteiger partial charge in [-0.1, -0.05) is 55.5 Å². The summed E-state index contributed by atoms with van der Waals surface area (Å²) in [4.78, 5) is 4.43. The molecule has 0 saturated heterocycles. The smallest absolute Gasteiger partial charge is 0.147 e. The molecule has 0 fully saturated rings. The maximum Gasteiger partial charge on any atom is 0.147 e. The average molecular weight is 357 g/mol. The highest BCUT2D eigenvalue weighted by Crippen LogP contribution is 2.38. The van der Waals surface area contributed by atoms with Crippen LogP contribution in [0.25, 0.3) is 0 Å². The van der Waals surface area contributed by atoms with E-state index in [1.54, 1.807) is 19.2 Å². The summed E-state index contributed by atoms with van der Waals surface area (Å²) in [5, 5.41) is 0.893. The van der Waals surface area contributed by atoms with E-state index in [0.29, 0.717) is 36.2 Å². The normalized spacial score (nSPS) is 11.7. The molecule has 1 aromatic heterocycles. The van der Waals surface area contributed by atoms with Crippen LogP contribution >= 0.6 is 55.5 Å². The lowest BCUT2D eigenvalue weighted by atomic mass is 10.3. The first-order chi connectivity index (χ1) is 9.06. The van der Waals surface area contributed by atoms with Crippen LogP contribution in [0.5, 0.6) is 11.5 Å². The molecule has 0 amide bonds. The lowest BCUT2D eigenvalue weighted by molar-refractivity contribution is 0.404. The maximum atomic E-state index is 6.06. The van der Waals surface area contributed by atoms with Crippen LogP contribution in [0.1, 0.15) is 0 Å². The SMILES string of the molecule is COc1cc(N=c2ssc(Cl)c2Cl)c(OC)cc1Cl. The molecule has 3 nitrogen and oxygen atoms in total. The number of hydrogen-bond donors (Lipinski definition) is 0. The van der Waals surface area contributed by atoms with E-state index in [9.17, 15) is 0 Å². The standard InChI is InChI=1S/C11H8Cl3NO2S2/c1-16-7-4-6(8(17-2)3-5(7)12)15-11-9(13)10(14)18-19-11/h3-4H,1-2H3. The second kappa shape index (κ2) is 6.33. The summed E-state index contributed by atoms with van der Waals surface area (Å²) in [5.74, 6) is 1.06. The van der Waals surface area contributed by atoms with Gasteiger partial charge < -0.3 is 9.47 Å². The zero-order valence-corrected chi connectivity index (χ0v) is 13.8. The van der Waals surface area contributed by atoms with Crippen LogP contribution in [0.2, 0.25) is 14.4 Å². The van der Waals surface area contributed by atoms with Crippen LogP contribution in [0.4, 0.5) is 5.69 Å². The first-order valence-electron chi connectivity index (χ1n) is 4.97. The van der Waals surface area contributed by atoms with Gasteiger partial charge in [-0.2, -0.15) is 0 Å². The predicted octanol–water partition coefficient (Wildman–Crippen LogP) is 5.02. The molecule has 0 atom stereocenters. The first kappa shape index (κ1) is 14.9. The number of nitrogens with zero attached hydrogens (tertiary/aromatic N) is 1. The monoisotopic (exact) mass is 355 g/mol. The summed E-state index contributed by atoms with van der Waals surface area (Å²) in [6.07, 6.45) is 0. The van der Waals surface area contributed by atoms with Crippen molar-refractivity contribution in [3.8, 4) is 11.5 Å². The first-order valence-corrected chi connectivity index (χ1v) is 8.25. The Bertz CT molecular complexity index is 666. The Balaban J connectivity index is 2.62. The van der Waals surface area contributed by atoms with E-state index >= 15 is 0 Å². The Kier molecular flexibility index (Phi) is 4.97. The highest BCUT2D eigenvalue weighted by atomic mass is 35.5. The van der Waals surface area contributed by atoms with Crippen LogP contribution in [0.3, 0.4) is 0 Å². The molecule has 0 unspecified atom stereocenters. The van der Waals surface area contributed by atoms with Crippen LogP contribution in [-0.4, -0.2) is 14.2 Å². The minimum atomic E-state index is 0.438. The molecule has 8 heteroatoms. The summed E-state index contributed by atoms with van der Waals surface area (Å²) < 4.78 is 11.5. The second-order valence-corrected chi connectivity index (χ2v) is 6.85. The van der Waals surface area contributed by atoms with Crippen LogP contribution in [0.15, 0.2) is 17.1 Å². The molecule has 19 heavy (non-hydrogen) atoms. The van der Waals surface area contributed by atoms with E-state index in [1.165, 1.54) is 27.8 Å². The molecule has 0 aliphatic carbocycles. The van der Waals surface area contributed by atoms with Gasteiger partial charge in [0.1, 0.15) is 31.2 Å². The lowest BCUT2D eigenvalue weighted by Gasteiger charge is -2.08. The molecule has 0 spiro atoms. The van der Waals surface area contributed by atoms with Crippen molar-refractivity contribution < 1.29 is 9.47 Å². The highest BCUT2D eigenvalue weighted by Gasteiger charge is 2.11. The molecular formula is C11H8Cl3NO2S2. The topological polar surface area (TPSA) is 30.8 Å². The second-order valence-electron chi connectivity index (χ2n) is 3.33. The van der Waals surface area contributed by atoms with Crippen LogP contribution < -0.4 is 14.1 Å². The third-order valence-electron chi connectivity index (χ3n) is 2.23. The fraction of sp³-hybridized carbons (Fsp3) is 0.182. The number of benzene rings is 1. The largest absolute Gasteiger partial charge is 0.495 e.